The van der Waals surface area contributed by atoms with E-state index >= 15 is 0 Å². The standard InChI is InChI=1S/C9H20N2.C5H13N/c1-9(2,3)11-6-4-5-8(11)7-10;1-3-5-6-4-2/h8H,4-7,10H2,1-3H3;6H,3-5H2,1-2H3. The molecule has 1 aliphatic rings. The molecule has 3 nitrogen and oxygen atoms in total. The molecule has 1 rings (SSSR count). The van der Waals surface area contributed by atoms with Gasteiger partial charge in [0.2, 0.25) is 0 Å². The fourth-order valence-corrected chi connectivity index (χ4v) is 2.32. The van der Waals surface area contributed by atoms with Crippen molar-refractivity contribution in [2.75, 3.05) is 26.2 Å². The summed E-state index contributed by atoms with van der Waals surface area (Å²) in [7, 11) is 0. The molecular weight excluding hydrogens is 210 g/mol. The van der Waals surface area contributed by atoms with Crippen LogP contribution >= 0.6 is 0 Å². The van der Waals surface area contributed by atoms with Gasteiger partial charge in [0.15, 0.2) is 0 Å². The lowest BCUT2D eigenvalue weighted by molar-refractivity contribution is 0.125. The van der Waals surface area contributed by atoms with E-state index in [9.17, 15) is 0 Å². The highest BCUT2D eigenvalue weighted by Gasteiger charge is 2.31. The van der Waals surface area contributed by atoms with Crippen LogP contribution in [0.25, 0.3) is 0 Å². The Bertz CT molecular complexity index is 171. The van der Waals surface area contributed by atoms with E-state index in [2.05, 4.69) is 44.8 Å². The summed E-state index contributed by atoms with van der Waals surface area (Å²) in [6.07, 6.45) is 3.85. The lowest BCUT2D eigenvalue weighted by Gasteiger charge is -2.36. The molecule has 0 aromatic carbocycles. The molecule has 1 unspecified atom stereocenters. The Kier molecular flexibility index (Phi) is 8.83. The number of nitrogens with two attached hydrogens (primary N) is 1. The van der Waals surface area contributed by atoms with Crippen molar-refractivity contribution in [3.05, 3.63) is 0 Å². The van der Waals surface area contributed by atoms with Gasteiger partial charge in [-0.15, -0.1) is 0 Å². The zero-order chi connectivity index (χ0) is 13.3. The predicted octanol–water partition coefficient (Wildman–Crippen LogP) is 2.21. The van der Waals surface area contributed by atoms with E-state index in [1.165, 1.54) is 25.8 Å². The maximum Gasteiger partial charge on any atom is 0.0224 e. The summed E-state index contributed by atoms with van der Waals surface area (Å²) in [5, 5.41) is 3.20. The molecule has 0 spiro atoms. The van der Waals surface area contributed by atoms with Crippen molar-refractivity contribution in [1.82, 2.24) is 10.2 Å². The van der Waals surface area contributed by atoms with Gasteiger partial charge in [0.1, 0.15) is 0 Å². The monoisotopic (exact) mass is 243 g/mol. The molecule has 0 bridgehead atoms. The molecule has 0 aromatic rings. The van der Waals surface area contributed by atoms with Crippen molar-refractivity contribution in [3.8, 4) is 0 Å². The average Bonchev–Trinajstić information content (AvgIpc) is 2.75. The minimum atomic E-state index is 0.306. The van der Waals surface area contributed by atoms with Crippen molar-refractivity contribution in [2.24, 2.45) is 5.73 Å². The Labute approximate surface area is 108 Å². The average molecular weight is 243 g/mol. The third-order valence-corrected chi connectivity index (χ3v) is 3.19. The quantitative estimate of drug-likeness (QED) is 0.744. The third-order valence-electron chi connectivity index (χ3n) is 3.19. The smallest absolute Gasteiger partial charge is 0.0224 e. The minimum Gasteiger partial charge on any atom is -0.329 e. The van der Waals surface area contributed by atoms with E-state index in [-0.39, 0.29) is 0 Å². The van der Waals surface area contributed by atoms with E-state index in [0.29, 0.717) is 11.6 Å². The van der Waals surface area contributed by atoms with Crippen molar-refractivity contribution in [1.29, 1.82) is 0 Å². The van der Waals surface area contributed by atoms with Crippen molar-refractivity contribution >= 4 is 0 Å². The lowest BCUT2D eigenvalue weighted by atomic mass is 10.0. The molecule has 3 heteroatoms. The molecule has 0 aliphatic carbocycles. The van der Waals surface area contributed by atoms with Crippen LogP contribution in [0.15, 0.2) is 0 Å². The number of nitrogens with one attached hydrogen (secondary N) is 1. The summed E-state index contributed by atoms with van der Waals surface area (Å²) in [6, 6.07) is 0.634. The summed E-state index contributed by atoms with van der Waals surface area (Å²) >= 11 is 0. The number of rotatable bonds is 4. The fourth-order valence-electron chi connectivity index (χ4n) is 2.32. The first kappa shape index (κ1) is 16.9. The van der Waals surface area contributed by atoms with Gasteiger partial charge >= 0.3 is 0 Å². The predicted molar refractivity (Wildman–Crippen MR) is 77.4 cm³/mol. The van der Waals surface area contributed by atoms with E-state index in [1.54, 1.807) is 0 Å². The number of likely N-dealkylation sites (tertiary alicyclic amines) is 1. The topological polar surface area (TPSA) is 41.3 Å². The summed E-state index contributed by atoms with van der Waals surface area (Å²) in [5.74, 6) is 0. The molecule has 0 amide bonds. The zero-order valence-corrected chi connectivity index (χ0v) is 12.6. The molecule has 1 aliphatic heterocycles. The van der Waals surface area contributed by atoms with Gasteiger partial charge in [0.05, 0.1) is 0 Å². The molecule has 3 N–H and O–H groups in total. The Hall–Kier alpha value is -0.120. The Morgan fingerprint density at radius 2 is 1.94 bits per heavy atom. The fraction of sp³-hybridized carbons (Fsp3) is 1.00. The van der Waals surface area contributed by atoms with Crippen LogP contribution in [0.2, 0.25) is 0 Å². The van der Waals surface area contributed by atoms with Crippen molar-refractivity contribution in [2.45, 2.75) is 65.5 Å². The minimum absolute atomic E-state index is 0.306. The molecule has 104 valence electrons. The number of hydrogen-bond acceptors (Lipinski definition) is 3. The zero-order valence-electron chi connectivity index (χ0n) is 12.6. The SMILES string of the molecule is CC(C)(C)N1CCCC1CN.CCCNCC. The van der Waals surface area contributed by atoms with Gasteiger partial charge in [-0.1, -0.05) is 13.8 Å². The number of nitrogens with zero attached hydrogens (tertiary/aromatic N) is 1. The first-order valence-corrected chi connectivity index (χ1v) is 7.14. The second kappa shape index (κ2) is 8.90. The second-order valence-electron chi connectivity index (χ2n) is 5.75. The molecule has 1 fully saturated rings. The summed E-state index contributed by atoms with van der Waals surface area (Å²) in [6.45, 7) is 15.4. The van der Waals surface area contributed by atoms with Crippen LogP contribution in [-0.2, 0) is 0 Å². The first-order chi connectivity index (χ1) is 7.97. The second-order valence-corrected chi connectivity index (χ2v) is 5.75. The van der Waals surface area contributed by atoms with Gasteiger partial charge in [-0.3, -0.25) is 4.90 Å². The maximum atomic E-state index is 5.68. The van der Waals surface area contributed by atoms with Gasteiger partial charge in [0.25, 0.3) is 0 Å². The third kappa shape index (κ3) is 7.02. The molecule has 0 aromatic heterocycles. The highest BCUT2D eigenvalue weighted by atomic mass is 15.2. The Morgan fingerprint density at radius 3 is 2.24 bits per heavy atom. The van der Waals surface area contributed by atoms with E-state index < -0.39 is 0 Å². The highest BCUT2D eigenvalue weighted by Crippen LogP contribution is 2.25. The van der Waals surface area contributed by atoms with Crippen LogP contribution in [0.3, 0.4) is 0 Å². The van der Waals surface area contributed by atoms with Gasteiger partial charge in [-0.25, -0.2) is 0 Å². The normalized spacial score (nSPS) is 21.2. The van der Waals surface area contributed by atoms with Crippen LogP contribution in [0.5, 0.6) is 0 Å². The Morgan fingerprint density at radius 1 is 1.29 bits per heavy atom. The van der Waals surface area contributed by atoms with Crippen LogP contribution in [0.1, 0.15) is 53.9 Å². The van der Waals surface area contributed by atoms with Crippen molar-refractivity contribution in [3.63, 3.8) is 0 Å². The lowest BCUT2D eigenvalue weighted by Crippen LogP contribution is -2.47. The first-order valence-electron chi connectivity index (χ1n) is 7.14. The van der Waals surface area contributed by atoms with Gasteiger partial charge in [-0.05, 0) is 59.7 Å². The molecule has 17 heavy (non-hydrogen) atoms. The molecule has 1 atom stereocenters. The Balaban J connectivity index is 0.000000366. The van der Waals surface area contributed by atoms with Crippen LogP contribution in [0.4, 0.5) is 0 Å². The van der Waals surface area contributed by atoms with Gasteiger partial charge in [0, 0.05) is 18.1 Å². The van der Waals surface area contributed by atoms with Gasteiger partial charge < -0.3 is 11.1 Å². The summed E-state index contributed by atoms with van der Waals surface area (Å²) in [4.78, 5) is 2.52. The van der Waals surface area contributed by atoms with Crippen LogP contribution in [-0.4, -0.2) is 42.7 Å². The molecule has 0 saturated carbocycles. The van der Waals surface area contributed by atoms with E-state index in [4.69, 9.17) is 5.73 Å². The number of hydrogen-bond donors (Lipinski definition) is 2. The largest absolute Gasteiger partial charge is 0.329 e. The van der Waals surface area contributed by atoms with E-state index in [1.807, 2.05) is 0 Å². The summed E-state index contributed by atoms with van der Waals surface area (Å²) in [5.41, 5.74) is 5.99. The molecule has 0 radical (unpaired) electrons. The molecule has 1 saturated heterocycles. The van der Waals surface area contributed by atoms with Crippen molar-refractivity contribution < 1.29 is 0 Å². The van der Waals surface area contributed by atoms with Gasteiger partial charge in [-0.2, -0.15) is 0 Å². The molecule has 1 heterocycles. The maximum absolute atomic E-state index is 5.68. The van der Waals surface area contributed by atoms with E-state index in [0.717, 1.165) is 19.6 Å². The highest BCUT2D eigenvalue weighted by molar-refractivity contribution is 4.88. The summed E-state index contributed by atoms with van der Waals surface area (Å²) < 4.78 is 0. The molecular formula is C14H33N3. The van der Waals surface area contributed by atoms with Crippen LogP contribution < -0.4 is 11.1 Å². The van der Waals surface area contributed by atoms with Crippen LogP contribution in [0, 0.1) is 0 Å².